The first-order chi connectivity index (χ1) is 15.6. The molecule has 8 nitrogen and oxygen atoms in total. The number of anilines is 2. The van der Waals surface area contributed by atoms with Crippen LogP contribution in [0.2, 0.25) is 5.02 Å². The molecular formula is C24H30ClN3O5. The summed E-state index contributed by atoms with van der Waals surface area (Å²) in [6.45, 7) is 5.84. The van der Waals surface area contributed by atoms with E-state index in [4.69, 9.17) is 21.1 Å². The van der Waals surface area contributed by atoms with Crippen LogP contribution in [-0.2, 0) is 14.3 Å². The highest BCUT2D eigenvalue weighted by atomic mass is 35.5. The summed E-state index contributed by atoms with van der Waals surface area (Å²) in [5.74, 6) is 0.210. The van der Waals surface area contributed by atoms with Crippen molar-refractivity contribution in [3.63, 3.8) is 0 Å². The highest BCUT2D eigenvalue weighted by molar-refractivity contribution is 6.32. The van der Waals surface area contributed by atoms with E-state index in [1.165, 1.54) is 0 Å². The zero-order valence-electron chi connectivity index (χ0n) is 19.1. The molecule has 33 heavy (non-hydrogen) atoms. The van der Waals surface area contributed by atoms with Crippen molar-refractivity contribution in [3.05, 3.63) is 53.6 Å². The van der Waals surface area contributed by atoms with Gasteiger partial charge in [-0.1, -0.05) is 23.7 Å². The number of halogens is 1. The van der Waals surface area contributed by atoms with E-state index < -0.39 is 11.7 Å². The Kier molecular flexibility index (Phi) is 10.00. The second-order valence-corrected chi connectivity index (χ2v) is 8.64. The Morgan fingerprint density at radius 3 is 2.03 bits per heavy atom. The number of carbonyl (C=O) groups excluding carboxylic acids is 3. The highest BCUT2D eigenvalue weighted by Gasteiger charge is 2.16. The van der Waals surface area contributed by atoms with Crippen LogP contribution < -0.4 is 20.7 Å². The topological polar surface area (TPSA) is 106 Å². The molecule has 0 bridgehead atoms. The molecule has 0 fully saturated rings. The molecule has 2 aromatic rings. The molecule has 2 rings (SSSR count). The van der Waals surface area contributed by atoms with Gasteiger partial charge in [-0.2, -0.15) is 0 Å². The van der Waals surface area contributed by atoms with Crippen LogP contribution in [0.25, 0.3) is 0 Å². The average molecular weight is 476 g/mol. The molecule has 0 atom stereocenters. The number of ether oxygens (including phenoxy) is 2. The van der Waals surface area contributed by atoms with Crippen LogP contribution in [0.4, 0.5) is 16.2 Å². The van der Waals surface area contributed by atoms with Gasteiger partial charge in [-0.05, 0) is 63.6 Å². The normalized spacial score (nSPS) is 10.8. The first kappa shape index (κ1) is 26.0. The molecule has 0 saturated carbocycles. The summed E-state index contributed by atoms with van der Waals surface area (Å²) < 4.78 is 10.7. The molecule has 0 aliphatic rings. The molecule has 178 valence electrons. The number of hydrogen-bond acceptors (Lipinski definition) is 5. The Labute approximate surface area is 199 Å². The predicted molar refractivity (Wildman–Crippen MR) is 129 cm³/mol. The quantitative estimate of drug-likeness (QED) is 0.420. The van der Waals surface area contributed by atoms with Crippen molar-refractivity contribution < 1.29 is 23.9 Å². The Hall–Kier alpha value is -3.26. The molecule has 0 aliphatic heterocycles. The van der Waals surface area contributed by atoms with Crippen LogP contribution in [-0.4, -0.2) is 36.7 Å². The smallest absolute Gasteiger partial charge is 0.407 e. The minimum atomic E-state index is -0.590. The fourth-order valence-corrected chi connectivity index (χ4v) is 2.84. The maximum Gasteiger partial charge on any atom is 0.407 e. The van der Waals surface area contributed by atoms with E-state index in [1.54, 1.807) is 57.2 Å². The summed E-state index contributed by atoms with van der Waals surface area (Å²) in [7, 11) is 0. The fourth-order valence-electron chi connectivity index (χ4n) is 2.65. The maximum atomic E-state index is 12.1. The van der Waals surface area contributed by atoms with Gasteiger partial charge in [-0.15, -0.1) is 0 Å². The number of rotatable bonds is 10. The second-order valence-electron chi connectivity index (χ2n) is 8.23. The van der Waals surface area contributed by atoms with Crippen molar-refractivity contribution in [2.45, 2.75) is 45.6 Å². The molecule has 0 heterocycles. The highest BCUT2D eigenvalue weighted by Crippen LogP contribution is 2.23. The van der Waals surface area contributed by atoms with Crippen LogP contribution >= 0.6 is 11.6 Å². The molecule has 3 amide bonds. The summed E-state index contributed by atoms with van der Waals surface area (Å²) in [6.07, 6.45) is 0.384. The Bertz CT molecular complexity index is 942. The monoisotopic (exact) mass is 475 g/mol. The third-order valence-electron chi connectivity index (χ3n) is 4.12. The minimum Gasteiger partial charge on any atom is -0.492 e. The molecule has 3 N–H and O–H groups in total. The number of hydrogen-bond donors (Lipinski definition) is 3. The van der Waals surface area contributed by atoms with Crippen LogP contribution in [0.1, 0.15) is 40.0 Å². The largest absolute Gasteiger partial charge is 0.492 e. The van der Waals surface area contributed by atoms with Gasteiger partial charge in [0.2, 0.25) is 11.8 Å². The van der Waals surface area contributed by atoms with Gasteiger partial charge in [0, 0.05) is 30.8 Å². The predicted octanol–water partition coefficient (Wildman–Crippen LogP) is 4.99. The van der Waals surface area contributed by atoms with Gasteiger partial charge in [-0.25, -0.2) is 4.79 Å². The number of para-hydroxylation sites is 1. The van der Waals surface area contributed by atoms with Crippen molar-refractivity contribution in [1.82, 2.24) is 5.32 Å². The van der Waals surface area contributed by atoms with Crippen molar-refractivity contribution in [3.8, 4) is 5.75 Å². The SMILES string of the molecule is CC(C)(C)OC(=O)NCCC(=O)Nc1ccc(NC(=O)CCCOc2ccccc2Cl)cc1. The number of benzene rings is 2. The molecule has 0 spiro atoms. The number of alkyl carbamates (subject to hydrolysis) is 1. The first-order valence-electron chi connectivity index (χ1n) is 10.7. The van der Waals surface area contributed by atoms with Gasteiger partial charge < -0.3 is 25.4 Å². The Morgan fingerprint density at radius 1 is 0.879 bits per heavy atom. The first-order valence-corrected chi connectivity index (χ1v) is 11.0. The molecule has 0 aliphatic carbocycles. The van der Waals surface area contributed by atoms with Crippen molar-refractivity contribution in [2.24, 2.45) is 0 Å². The van der Waals surface area contributed by atoms with E-state index in [2.05, 4.69) is 16.0 Å². The molecule has 0 aromatic heterocycles. The number of carbonyl (C=O) groups is 3. The molecular weight excluding hydrogens is 446 g/mol. The maximum absolute atomic E-state index is 12.1. The van der Waals surface area contributed by atoms with Crippen molar-refractivity contribution in [2.75, 3.05) is 23.8 Å². The lowest BCUT2D eigenvalue weighted by Gasteiger charge is -2.19. The molecule has 2 aromatic carbocycles. The van der Waals surface area contributed by atoms with Gasteiger partial charge in [-0.3, -0.25) is 9.59 Å². The molecule has 0 radical (unpaired) electrons. The Morgan fingerprint density at radius 2 is 1.45 bits per heavy atom. The van der Waals surface area contributed by atoms with Crippen molar-refractivity contribution >= 4 is 40.9 Å². The minimum absolute atomic E-state index is 0.105. The van der Waals surface area contributed by atoms with E-state index in [-0.39, 0.29) is 24.8 Å². The Balaban J connectivity index is 1.65. The van der Waals surface area contributed by atoms with Gasteiger partial charge >= 0.3 is 6.09 Å². The number of amides is 3. The van der Waals surface area contributed by atoms with Crippen LogP contribution in [0.5, 0.6) is 5.75 Å². The number of nitrogens with one attached hydrogen (secondary N) is 3. The zero-order valence-corrected chi connectivity index (χ0v) is 19.8. The van der Waals surface area contributed by atoms with Crippen LogP contribution in [0, 0.1) is 0 Å². The van der Waals surface area contributed by atoms with Gasteiger partial charge in [0.05, 0.1) is 11.6 Å². The summed E-state index contributed by atoms with van der Waals surface area (Å²) in [6, 6.07) is 14.0. The fraction of sp³-hybridized carbons (Fsp3) is 0.375. The summed E-state index contributed by atoms with van der Waals surface area (Å²) in [5.41, 5.74) is 0.619. The standard InChI is InChI=1S/C24H30ClN3O5/c1-24(2,3)33-23(31)26-15-14-22(30)28-18-12-10-17(11-13-18)27-21(29)9-6-16-32-20-8-5-4-7-19(20)25/h4-5,7-8,10-13H,6,9,14-16H2,1-3H3,(H,26,31)(H,27,29)(H,28,30). The third-order valence-corrected chi connectivity index (χ3v) is 4.43. The lowest BCUT2D eigenvalue weighted by Crippen LogP contribution is -2.34. The van der Waals surface area contributed by atoms with Gasteiger partial charge in [0.15, 0.2) is 0 Å². The molecule has 9 heteroatoms. The summed E-state index contributed by atoms with van der Waals surface area (Å²) >= 11 is 6.02. The van der Waals surface area contributed by atoms with Crippen LogP contribution in [0.15, 0.2) is 48.5 Å². The van der Waals surface area contributed by atoms with Crippen molar-refractivity contribution in [1.29, 1.82) is 0 Å². The second kappa shape index (κ2) is 12.7. The summed E-state index contributed by atoms with van der Waals surface area (Å²) in [5, 5.41) is 8.61. The van der Waals surface area contributed by atoms with Gasteiger partial charge in [0.25, 0.3) is 0 Å². The van der Waals surface area contributed by atoms with Gasteiger partial charge in [0.1, 0.15) is 11.4 Å². The third kappa shape index (κ3) is 10.7. The lowest BCUT2D eigenvalue weighted by molar-refractivity contribution is -0.117. The van der Waals surface area contributed by atoms with E-state index in [0.717, 1.165) is 0 Å². The van der Waals surface area contributed by atoms with E-state index in [0.29, 0.717) is 41.6 Å². The van der Waals surface area contributed by atoms with E-state index in [1.807, 2.05) is 12.1 Å². The van der Waals surface area contributed by atoms with Crippen LogP contribution in [0.3, 0.4) is 0 Å². The zero-order chi connectivity index (χ0) is 24.3. The molecule has 0 saturated heterocycles. The van der Waals surface area contributed by atoms with E-state index >= 15 is 0 Å². The lowest BCUT2D eigenvalue weighted by atomic mass is 10.2. The average Bonchev–Trinajstić information content (AvgIpc) is 2.72. The molecule has 0 unspecified atom stereocenters. The van der Waals surface area contributed by atoms with E-state index in [9.17, 15) is 14.4 Å². The summed E-state index contributed by atoms with van der Waals surface area (Å²) in [4.78, 5) is 35.7.